The maximum absolute atomic E-state index is 12.1. The third kappa shape index (κ3) is 3.28. The summed E-state index contributed by atoms with van der Waals surface area (Å²) in [6.45, 7) is 0. The molecule has 110 valence electrons. The van der Waals surface area contributed by atoms with Gasteiger partial charge in [0, 0.05) is 13.5 Å². The van der Waals surface area contributed by atoms with E-state index >= 15 is 0 Å². The molecule has 0 bridgehead atoms. The van der Waals surface area contributed by atoms with E-state index in [4.69, 9.17) is 10.9 Å². The van der Waals surface area contributed by atoms with Crippen molar-refractivity contribution >= 4 is 17.6 Å². The predicted octanol–water partition coefficient (Wildman–Crippen LogP) is 1.42. The van der Waals surface area contributed by atoms with Crippen LogP contribution in [0.5, 0.6) is 0 Å². The first kappa shape index (κ1) is 14.4. The molecule has 7 heteroatoms. The fourth-order valence-electron chi connectivity index (χ4n) is 2.66. The summed E-state index contributed by atoms with van der Waals surface area (Å²) in [5.74, 6) is 0.809. The first-order chi connectivity index (χ1) is 9.61. The first-order valence-electron chi connectivity index (χ1n) is 6.91. The van der Waals surface area contributed by atoms with Gasteiger partial charge in [-0.05, 0) is 18.8 Å². The number of carbonyl (C=O) groups excluding carboxylic acids is 1. The predicted molar refractivity (Wildman–Crippen MR) is 75.5 cm³/mol. The minimum atomic E-state index is -0.0638. The lowest BCUT2D eigenvalue weighted by molar-refractivity contribution is -0.117. The molecular formula is C13H21N5O2. The molecule has 1 aliphatic rings. The van der Waals surface area contributed by atoms with Gasteiger partial charge in [0.05, 0.1) is 11.8 Å². The summed E-state index contributed by atoms with van der Waals surface area (Å²) in [6.07, 6.45) is 7.90. The molecule has 0 saturated heterocycles. The summed E-state index contributed by atoms with van der Waals surface area (Å²) in [7, 11) is 1.70. The van der Waals surface area contributed by atoms with Crippen molar-refractivity contribution in [2.24, 2.45) is 23.9 Å². The highest BCUT2D eigenvalue weighted by Gasteiger charge is 2.20. The van der Waals surface area contributed by atoms with Gasteiger partial charge in [0.15, 0.2) is 5.84 Å². The Morgan fingerprint density at radius 3 is 2.90 bits per heavy atom. The quantitative estimate of drug-likeness (QED) is 0.335. The van der Waals surface area contributed by atoms with Crippen molar-refractivity contribution in [2.45, 2.75) is 38.5 Å². The minimum absolute atomic E-state index is 0.0486. The normalized spacial score (nSPS) is 17.1. The summed E-state index contributed by atoms with van der Waals surface area (Å²) in [5.41, 5.74) is 5.99. The smallest absolute Gasteiger partial charge is 0.225 e. The molecule has 0 aromatic carbocycles. The number of amides is 1. The monoisotopic (exact) mass is 279 g/mol. The van der Waals surface area contributed by atoms with Crippen LogP contribution in [0.15, 0.2) is 11.4 Å². The summed E-state index contributed by atoms with van der Waals surface area (Å²) in [6, 6.07) is 0. The lowest BCUT2D eigenvalue weighted by Gasteiger charge is -2.20. The maximum atomic E-state index is 12.1. The molecule has 0 aliphatic heterocycles. The average molecular weight is 279 g/mol. The fourth-order valence-corrected chi connectivity index (χ4v) is 2.66. The van der Waals surface area contributed by atoms with Gasteiger partial charge in [-0.15, -0.1) is 0 Å². The molecule has 0 unspecified atom stereocenters. The minimum Gasteiger partial charge on any atom is -0.409 e. The van der Waals surface area contributed by atoms with Gasteiger partial charge < -0.3 is 16.3 Å². The van der Waals surface area contributed by atoms with Gasteiger partial charge in [0.1, 0.15) is 5.82 Å². The van der Waals surface area contributed by atoms with E-state index in [1.54, 1.807) is 7.05 Å². The fraction of sp³-hybridized carbons (Fsp3) is 0.615. The van der Waals surface area contributed by atoms with Crippen LogP contribution >= 0.6 is 0 Å². The molecule has 1 saturated carbocycles. The molecule has 1 aliphatic carbocycles. The number of hydrogen-bond donors (Lipinski definition) is 3. The van der Waals surface area contributed by atoms with Crippen LogP contribution in [0, 0.1) is 5.92 Å². The number of nitrogens with zero attached hydrogens (tertiary/aromatic N) is 3. The van der Waals surface area contributed by atoms with E-state index in [0.717, 1.165) is 12.8 Å². The van der Waals surface area contributed by atoms with E-state index in [1.165, 1.54) is 30.1 Å². The van der Waals surface area contributed by atoms with Crippen LogP contribution in [0.25, 0.3) is 0 Å². The van der Waals surface area contributed by atoms with Crippen LogP contribution in [-0.2, 0) is 11.8 Å². The van der Waals surface area contributed by atoms with Crippen molar-refractivity contribution in [3.8, 4) is 0 Å². The third-order valence-corrected chi connectivity index (χ3v) is 3.78. The summed E-state index contributed by atoms with van der Waals surface area (Å²) in [5, 5.41) is 18.5. The molecule has 0 atom stereocenters. The number of rotatable bonds is 4. The van der Waals surface area contributed by atoms with Crippen LogP contribution in [0.3, 0.4) is 0 Å². The van der Waals surface area contributed by atoms with Crippen LogP contribution in [-0.4, -0.2) is 26.7 Å². The topological polar surface area (TPSA) is 106 Å². The van der Waals surface area contributed by atoms with Crippen LogP contribution < -0.4 is 11.1 Å². The van der Waals surface area contributed by atoms with Gasteiger partial charge in [0.25, 0.3) is 0 Å². The molecule has 1 heterocycles. The second kappa shape index (κ2) is 6.40. The van der Waals surface area contributed by atoms with E-state index in [9.17, 15) is 4.79 Å². The van der Waals surface area contributed by atoms with Crippen LogP contribution in [0.1, 0.15) is 44.1 Å². The van der Waals surface area contributed by atoms with Crippen molar-refractivity contribution in [2.75, 3.05) is 5.32 Å². The number of nitrogens with one attached hydrogen (secondary N) is 1. The van der Waals surface area contributed by atoms with Crippen LogP contribution in [0.4, 0.5) is 5.82 Å². The molecular weight excluding hydrogens is 258 g/mol. The van der Waals surface area contributed by atoms with E-state index < -0.39 is 0 Å². The molecule has 1 amide bonds. The Bertz CT molecular complexity index is 503. The van der Waals surface area contributed by atoms with E-state index in [1.807, 2.05) is 0 Å². The zero-order valence-corrected chi connectivity index (χ0v) is 11.7. The standard InChI is InChI=1S/C13H21N5O2/c1-18-13(10(8-15-18)12(14)17-20)16-11(19)7-9-5-3-2-4-6-9/h8-9,20H,2-7H2,1H3,(H2,14,17)(H,16,19). The van der Waals surface area contributed by atoms with Gasteiger partial charge >= 0.3 is 0 Å². The van der Waals surface area contributed by atoms with Crippen molar-refractivity contribution in [3.05, 3.63) is 11.8 Å². The Morgan fingerprint density at radius 1 is 1.55 bits per heavy atom. The van der Waals surface area contributed by atoms with Gasteiger partial charge in [-0.1, -0.05) is 24.4 Å². The van der Waals surface area contributed by atoms with E-state index in [2.05, 4.69) is 15.6 Å². The molecule has 4 N–H and O–H groups in total. The SMILES string of the molecule is Cn1ncc(C(N)=NO)c1NC(=O)CC1CCCCC1. The van der Waals surface area contributed by atoms with Crippen LogP contribution in [0.2, 0.25) is 0 Å². The first-order valence-corrected chi connectivity index (χ1v) is 6.91. The van der Waals surface area contributed by atoms with E-state index in [-0.39, 0.29) is 11.7 Å². The highest BCUT2D eigenvalue weighted by atomic mass is 16.4. The molecule has 1 aromatic heterocycles. The summed E-state index contributed by atoms with van der Waals surface area (Å²) >= 11 is 0. The Kier molecular flexibility index (Phi) is 4.60. The molecule has 20 heavy (non-hydrogen) atoms. The van der Waals surface area contributed by atoms with Crippen molar-refractivity contribution in [1.29, 1.82) is 0 Å². The number of carbonyl (C=O) groups is 1. The molecule has 0 spiro atoms. The molecule has 2 rings (SSSR count). The van der Waals surface area contributed by atoms with E-state index in [0.29, 0.717) is 23.7 Å². The molecule has 1 fully saturated rings. The molecule has 7 nitrogen and oxygen atoms in total. The second-order valence-electron chi connectivity index (χ2n) is 5.27. The highest BCUT2D eigenvalue weighted by molar-refractivity contribution is 6.04. The number of hydrogen-bond acceptors (Lipinski definition) is 4. The van der Waals surface area contributed by atoms with Crippen molar-refractivity contribution in [1.82, 2.24) is 9.78 Å². The summed E-state index contributed by atoms with van der Waals surface area (Å²) in [4.78, 5) is 12.1. The number of aryl methyl sites for hydroxylation is 1. The highest BCUT2D eigenvalue weighted by Crippen LogP contribution is 2.26. The Hall–Kier alpha value is -2.05. The second-order valence-corrected chi connectivity index (χ2v) is 5.27. The maximum Gasteiger partial charge on any atom is 0.225 e. The number of amidine groups is 1. The van der Waals surface area contributed by atoms with Gasteiger partial charge in [-0.2, -0.15) is 5.10 Å². The Labute approximate surface area is 117 Å². The zero-order valence-electron chi connectivity index (χ0n) is 11.7. The average Bonchev–Trinajstić information content (AvgIpc) is 2.80. The van der Waals surface area contributed by atoms with Gasteiger partial charge in [0.2, 0.25) is 5.91 Å². The van der Waals surface area contributed by atoms with Crippen molar-refractivity contribution in [3.63, 3.8) is 0 Å². The largest absolute Gasteiger partial charge is 0.409 e. The lowest BCUT2D eigenvalue weighted by atomic mass is 9.87. The van der Waals surface area contributed by atoms with Crippen molar-refractivity contribution < 1.29 is 10.0 Å². The van der Waals surface area contributed by atoms with Gasteiger partial charge in [-0.25, -0.2) is 0 Å². The molecule has 0 radical (unpaired) electrons. The molecule has 1 aromatic rings. The number of oxime groups is 1. The lowest BCUT2D eigenvalue weighted by Crippen LogP contribution is -2.22. The Balaban J connectivity index is 2.02. The van der Waals surface area contributed by atoms with Gasteiger partial charge in [-0.3, -0.25) is 9.48 Å². The summed E-state index contributed by atoms with van der Waals surface area (Å²) < 4.78 is 1.51. The third-order valence-electron chi connectivity index (χ3n) is 3.78. The number of nitrogens with two attached hydrogens (primary N) is 1. The Morgan fingerprint density at radius 2 is 2.25 bits per heavy atom. The number of aromatic nitrogens is 2. The number of anilines is 1. The zero-order chi connectivity index (χ0) is 14.5.